The van der Waals surface area contributed by atoms with E-state index in [1.807, 2.05) is 20.8 Å². The first-order valence-electron chi connectivity index (χ1n) is 8.20. The van der Waals surface area contributed by atoms with Crippen molar-refractivity contribution in [3.05, 3.63) is 23.0 Å². The normalized spacial score (nSPS) is 19.5. The largest absolute Gasteiger partial charge is 0.509 e. The van der Waals surface area contributed by atoms with Gasteiger partial charge in [0, 0.05) is 6.54 Å². The number of ketones is 1. The summed E-state index contributed by atoms with van der Waals surface area (Å²) in [5.41, 5.74) is 1.07. The van der Waals surface area contributed by atoms with E-state index in [0.717, 1.165) is 24.8 Å². The van der Waals surface area contributed by atoms with E-state index in [-0.39, 0.29) is 29.1 Å². The molecule has 1 unspecified atom stereocenters. The first kappa shape index (κ1) is 18.5. The summed E-state index contributed by atoms with van der Waals surface area (Å²) in [6.07, 6.45) is 6.07. The van der Waals surface area contributed by atoms with E-state index in [9.17, 15) is 14.7 Å². The van der Waals surface area contributed by atoms with Crippen LogP contribution in [0.3, 0.4) is 0 Å². The van der Waals surface area contributed by atoms with Crippen molar-refractivity contribution in [1.82, 2.24) is 4.90 Å². The van der Waals surface area contributed by atoms with Gasteiger partial charge >= 0.3 is 0 Å². The summed E-state index contributed by atoms with van der Waals surface area (Å²) < 4.78 is 0. The molecule has 4 heteroatoms. The summed E-state index contributed by atoms with van der Waals surface area (Å²) in [6.45, 7) is 10.0. The minimum atomic E-state index is -0.374. The van der Waals surface area contributed by atoms with Crippen LogP contribution in [0.4, 0.5) is 0 Å². The van der Waals surface area contributed by atoms with E-state index in [4.69, 9.17) is 0 Å². The van der Waals surface area contributed by atoms with Gasteiger partial charge in [0.1, 0.15) is 11.3 Å². The molecule has 0 saturated carbocycles. The smallest absolute Gasteiger partial charge is 0.261 e. The highest BCUT2D eigenvalue weighted by Gasteiger charge is 2.41. The molecule has 0 saturated heterocycles. The fraction of sp³-hybridized carbons (Fsp3) is 0.667. The third-order valence-corrected chi connectivity index (χ3v) is 3.94. The molecule has 0 bridgehead atoms. The third-order valence-electron chi connectivity index (χ3n) is 3.94. The number of carbonyl (C=O) groups is 2. The molecule has 0 aromatic carbocycles. The molecule has 124 valence electrons. The van der Waals surface area contributed by atoms with Gasteiger partial charge in [-0.15, -0.1) is 0 Å². The lowest BCUT2D eigenvalue weighted by atomic mass is 10.0. The van der Waals surface area contributed by atoms with Crippen molar-refractivity contribution >= 4 is 11.7 Å². The van der Waals surface area contributed by atoms with E-state index in [0.29, 0.717) is 18.9 Å². The van der Waals surface area contributed by atoms with Crippen LogP contribution < -0.4 is 0 Å². The van der Waals surface area contributed by atoms with Gasteiger partial charge in [-0.05, 0) is 32.6 Å². The van der Waals surface area contributed by atoms with Crippen LogP contribution in [0.15, 0.2) is 23.0 Å². The molecule has 1 amide bonds. The Kier molecular flexibility index (Phi) is 6.85. The second-order valence-corrected chi connectivity index (χ2v) is 6.59. The lowest BCUT2D eigenvalue weighted by Crippen LogP contribution is -2.38. The molecule has 0 radical (unpaired) electrons. The first-order valence-corrected chi connectivity index (χ1v) is 8.20. The number of rotatable bonds is 8. The number of hydrogen-bond donors (Lipinski definition) is 1. The van der Waals surface area contributed by atoms with E-state index < -0.39 is 0 Å². The zero-order valence-corrected chi connectivity index (χ0v) is 14.5. The van der Waals surface area contributed by atoms with Crippen molar-refractivity contribution in [2.45, 2.75) is 66.3 Å². The average molecular weight is 307 g/mol. The van der Waals surface area contributed by atoms with Crippen molar-refractivity contribution < 1.29 is 14.7 Å². The molecule has 1 N–H and O–H groups in total. The molecular formula is C18H29NO3. The maximum Gasteiger partial charge on any atom is 0.261 e. The summed E-state index contributed by atoms with van der Waals surface area (Å²) in [5, 5.41) is 10.3. The minimum absolute atomic E-state index is 0.0352. The molecular weight excluding hydrogens is 278 g/mol. The summed E-state index contributed by atoms with van der Waals surface area (Å²) in [7, 11) is 0. The van der Waals surface area contributed by atoms with Crippen LogP contribution in [-0.4, -0.2) is 34.3 Å². The fourth-order valence-electron chi connectivity index (χ4n) is 2.79. The van der Waals surface area contributed by atoms with Gasteiger partial charge in [-0.25, -0.2) is 0 Å². The van der Waals surface area contributed by atoms with Gasteiger partial charge in [0.25, 0.3) is 5.91 Å². The monoisotopic (exact) mass is 307 g/mol. The van der Waals surface area contributed by atoms with E-state index in [1.165, 1.54) is 6.92 Å². The lowest BCUT2D eigenvalue weighted by Gasteiger charge is -2.27. The Morgan fingerprint density at radius 2 is 2.00 bits per heavy atom. The molecule has 0 aromatic rings. The van der Waals surface area contributed by atoms with Crippen molar-refractivity contribution in [2.24, 2.45) is 5.92 Å². The molecule has 22 heavy (non-hydrogen) atoms. The average Bonchev–Trinajstić information content (AvgIpc) is 2.62. The van der Waals surface area contributed by atoms with Crippen molar-refractivity contribution in [3.63, 3.8) is 0 Å². The topological polar surface area (TPSA) is 57.6 Å². The molecule has 4 nitrogen and oxygen atoms in total. The Morgan fingerprint density at radius 3 is 2.50 bits per heavy atom. The van der Waals surface area contributed by atoms with E-state index in [1.54, 1.807) is 4.90 Å². The maximum absolute atomic E-state index is 12.5. The van der Waals surface area contributed by atoms with Crippen molar-refractivity contribution in [3.8, 4) is 0 Å². The molecule has 0 aliphatic carbocycles. The van der Waals surface area contributed by atoms with Crippen LogP contribution in [0.5, 0.6) is 0 Å². The van der Waals surface area contributed by atoms with Gasteiger partial charge in [0.05, 0.1) is 6.04 Å². The van der Waals surface area contributed by atoms with Gasteiger partial charge in [-0.2, -0.15) is 0 Å². The molecule has 0 spiro atoms. The van der Waals surface area contributed by atoms with E-state index in [2.05, 4.69) is 13.0 Å². The molecule has 1 rings (SSSR count). The molecule has 1 atom stereocenters. The SMILES string of the molecule is CCCCC=C(C)CN1C(=O)C(C(C)=O)=C(O)C1CC(C)C. The van der Waals surface area contributed by atoms with Crippen molar-refractivity contribution in [1.29, 1.82) is 0 Å². The van der Waals surface area contributed by atoms with Crippen LogP contribution in [0.2, 0.25) is 0 Å². The molecule has 1 heterocycles. The van der Waals surface area contributed by atoms with E-state index >= 15 is 0 Å². The van der Waals surface area contributed by atoms with Gasteiger partial charge in [0.15, 0.2) is 5.78 Å². The molecule has 1 aliphatic heterocycles. The highest BCUT2D eigenvalue weighted by molar-refractivity contribution is 6.20. The van der Waals surface area contributed by atoms with Crippen LogP contribution in [-0.2, 0) is 9.59 Å². The lowest BCUT2D eigenvalue weighted by molar-refractivity contribution is -0.128. The summed E-state index contributed by atoms with van der Waals surface area (Å²) >= 11 is 0. The number of carbonyl (C=O) groups excluding carboxylic acids is 2. The van der Waals surface area contributed by atoms with Gasteiger partial charge in [-0.3, -0.25) is 9.59 Å². The Bertz CT molecular complexity index is 489. The summed E-state index contributed by atoms with van der Waals surface area (Å²) in [5.74, 6) is -0.407. The number of Topliss-reactive ketones (excluding diaryl/α,β-unsaturated/α-hetero) is 1. The maximum atomic E-state index is 12.5. The number of allylic oxidation sites excluding steroid dienone is 1. The number of hydrogen-bond acceptors (Lipinski definition) is 3. The standard InChI is InChI=1S/C18H29NO3/c1-6-7-8-9-13(4)11-19-15(10-12(2)3)17(21)16(14(5)20)18(19)22/h9,12,15,21H,6-8,10-11H2,1-5H3. The molecule has 1 aliphatic rings. The number of aliphatic hydroxyl groups excluding tert-OH is 1. The number of amides is 1. The highest BCUT2D eigenvalue weighted by atomic mass is 16.3. The molecule has 0 fully saturated rings. The van der Waals surface area contributed by atoms with Crippen LogP contribution >= 0.6 is 0 Å². The molecule has 0 aromatic heterocycles. The summed E-state index contributed by atoms with van der Waals surface area (Å²) in [4.78, 5) is 25.8. The van der Waals surface area contributed by atoms with Crippen LogP contribution in [0, 0.1) is 5.92 Å². The number of unbranched alkanes of at least 4 members (excludes halogenated alkanes) is 2. The number of aliphatic hydroxyl groups is 1. The summed E-state index contributed by atoms with van der Waals surface area (Å²) in [6, 6.07) is -0.374. The Hall–Kier alpha value is -1.58. The van der Waals surface area contributed by atoms with Gasteiger partial charge < -0.3 is 10.0 Å². The fourth-order valence-corrected chi connectivity index (χ4v) is 2.79. The Labute approximate surface area is 133 Å². The Morgan fingerprint density at radius 1 is 1.36 bits per heavy atom. The second-order valence-electron chi connectivity index (χ2n) is 6.59. The zero-order valence-electron chi connectivity index (χ0n) is 14.5. The quantitative estimate of drug-likeness (QED) is 0.422. The predicted molar refractivity (Wildman–Crippen MR) is 88.6 cm³/mol. The first-order chi connectivity index (χ1) is 10.3. The third kappa shape index (κ3) is 4.46. The highest BCUT2D eigenvalue weighted by Crippen LogP contribution is 2.30. The zero-order chi connectivity index (χ0) is 16.9. The van der Waals surface area contributed by atoms with Gasteiger partial charge in [-0.1, -0.05) is 45.3 Å². The minimum Gasteiger partial charge on any atom is -0.509 e. The predicted octanol–water partition coefficient (Wildman–Crippen LogP) is 3.78. The Balaban J connectivity index is 2.94. The van der Waals surface area contributed by atoms with Crippen LogP contribution in [0.25, 0.3) is 0 Å². The second kappa shape index (κ2) is 8.16. The van der Waals surface area contributed by atoms with Crippen molar-refractivity contribution in [2.75, 3.05) is 6.54 Å². The number of nitrogens with zero attached hydrogens (tertiary/aromatic N) is 1. The van der Waals surface area contributed by atoms with Gasteiger partial charge in [0.2, 0.25) is 0 Å². The van der Waals surface area contributed by atoms with Crippen LogP contribution in [0.1, 0.15) is 60.3 Å².